The highest BCUT2D eigenvalue weighted by atomic mass is 32.5. The van der Waals surface area contributed by atoms with Crippen LogP contribution in [0.4, 0.5) is 14.6 Å². The molecule has 5 rings (SSSR count). The predicted molar refractivity (Wildman–Crippen MR) is 184 cm³/mol. The fourth-order valence-corrected chi connectivity index (χ4v) is 9.55. The van der Waals surface area contributed by atoms with Gasteiger partial charge in [-0.05, 0) is 66.3 Å². The van der Waals surface area contributed by atoms with Crippen LogP contribution in [-0.4, -0.2) is 67.7 Å². The van der Waals surface area contributed by atoms with Crippen LogP contribution >= 0.6 is 6.72 Å². The summed E-state index contributed by atoms with van der Waals surface area (Å²) < 4.78 is 69.3. The fourth-order valence-electron chi connectivity index (χ4n) is 4.94. The van der Waals surface area contributed by atoms with Crippen molar-refractivity contribution >= 4 is 52.1 Å². The van der Waals surface area contributed by atoms with Crippen molar-refractivity contribution in [2.75, 3.05) is 18.9 Å². The Morgan fingerprint density at radius 1 is 1.00 bits per heavy atom. The molecule has 2 aromatic heterocycles. The monoisotopic (exact) mass is 729 g/mol. The SMILES string of the molecule is CC(C)(C)[Si](C)(C)O[C@@H]1[C@H](O[Si](C)(C)C(C)(C)C)[C@@H](COP2(=S)OCC(c3cc(F)ccc3F)O2)O[C@H]1n1cnc2c(N)ncnc21. The summed E-state index contributed by atoms with van der Waals surface area (Å²) in [6.45, 7) is 18.2. The Hall–Kier alpha value is -1.73. The van der Waals surface area contributed by atoms with E-state index in [0.717, 1.165) is 18.2 Å². The predicted octanol–water partition coefficient (Wildman–Crippen LogP) is 7.39. The Bertz CT molecular complexity index is 1670. The zero-order valence-electron chi connectivity index (χ0n) is 28.6. The van der Waals surface area contributed by atoms with Gasteiger partial charge in [-0.1, -0.05) is 41.5 Å². The molecule has 47 heavy (non-hydrogen) atoms. The number of ether oxygens (including phenoxy) is 1. The van der Waals surface area contributed by atoms with Gasteiger partial charge >= 0.3 is 6.72 Å². The fraction of sp³-hybridized carbons (Fsp3) is 0.633. The molecule has 17 heteroatoms. The molecule has 2 unspecified atom stereocenters. The summed E-state index contributed by atoms with van der Waals surface area (Å²) in [4.78, 5) is 13.1. The van der Waals surface area contributed by atoms with Gasteiger partial charge < -0.3 is 28.4 Å². The maximum absolute atomic E-state index is 14.6. The van der Waals surface area contributed by atoms with Crippen LogP contribution in [-0.2, 0) is 39.0 Å². The largest absolute Gasteiger partial charge is 0.408 e. The lowest BCUT2D eigenvalue weighted by Gasteiger charge is -2.44. The van der Waals surface area contributed by atoms with Gasteiger partial charge in [-0.25, -0.2) is 23.7 Å². The van der Waals surface area contributed by atoms with Crippen LogP contribution in [0.2, 0.25) is 36.3 Å². The third kappa shape index (κ3) is 7.42. The van der Waals surface area contributed by atoms with Gasteiger partial charge in [0, 0.05) is 5.56 Å². The van der Waals surface area contributed by atoms with Crippen molar-refractivity contribution in [3.05, 3.63) is 48.1 Å². The van der Waals surface area contributed by atoms with Crippen molar-refractivity contribution in [2.45, 2.75) is 108 Å². The van der Waals surface area contributed by atoms with Crippen LogP contribution < -0.4 is 5.73 Å². The van der Waals surface area contributed by atoms with Crippen LogP contribution in [0.15, 0.2) is 30.9 Å². The number of anilines is 1. The Morgan fingerprint density at radius 2 is 1.64 bits per heavy atom. The number of fused-ring (bicyclic) bond motifs is 1. The molecule has 2 N–H and O–H groups in total. The molecule has 6 atom stereocenters. The molecular weight excluding hydrogens is 684 g/mol. The summed E-state index contributed by atoms with van der Waals surface area (Å²) in [6, 6.07) is 3.17. The molecular formula is C30H46F2N5O6PSSi2. The van der Waals surface area contributed by atoms with E-state index in [0.29, 0.717) is 11.2 Å². The van der Waals surface area contributed by atoms with Crippen LogP contribution in [0.5, 0.6) is 0 Å². The minimum Gasteiger partial charge on any atom is -0.408 e. The van der Waals surface area contributed by atoms with Gasteiger partial charge in [-0.15, -0.1) is 0 Å². The lowest BCUT2D eigenvalue weighted by Crippen LogP contribution is -2.54. The molecule has 0 amide bonds. The number of hydrogen-bond acceptors (Lipinski definition) is 11. The summed E-state index contributed by atoms with van der Waals surface area (Å²) >= 11 is 5.68. The number of halogens is 2. The van der Waals surface area contributed by atoms with Gasteiger partial charge in [0.05, 0.1) is 19.5 Å². The second-order valence-corrected chi connectivity index (χ2v) is 27.6. The summed E-state index contributed by atoms with van der Waals surface area (Å²) in [5.74, 6) is -0.954. The number of aromatic nitrogens is 4. The third-order valence-electron chi connectivity index (χ3n) is 9.76. The molecule has 4 heterocycles. The first kappa shape index (κ1) is 36.6. The molecule has 2 aliphatic rings. The standard InChI is InChI=1S/C30H46F2N5O6PSSi2/c1-29(2,3)46(7,8)42-24-22(15-39-44(45)38-14-21(41-44)19-13-18(31)11-12-20(19)32)40-28(25(24)43-47(9,10)30(4,5)6)37-17-36-23-26(33)34-16-35-27(23)37/h11-13,16-17,21-22,24-25,28H,14-15H2,1-10H3,(H2,33,34,35)/t21?,22-,24-,25-,28-,44?/m1/s1. The van der Waals surface area contributed by atoms with Gasteiger partial charge in [0.2, 0.25) is 0 Å². The number of rotatable bonds is 9. The zero-order valence-corrected chi connectivity index (χ0v) is 32.3. The van der Waals surface area contributed by atoms with Gasteiger partial charge in [0.25, 0.3) is 0 Å². The minimum atomic E-state index is -3.37. The first-order valence-corrected chi connectivity index (χ1v) is 24.0. The van der Waals surface area contributed by atoms with E-state index in [4.69, 9.17) is 44.7 Å². The highest BCUT2D eigenvalue weighted by molar-refractivity contribution is 8.07. The molecule has 0 aliphatic carbocycles. The van der Waals surface area contributed by atoms with E-state index in [1.807, 2.05) is 0 Å². The first-order valence-electron chi connectivity index (χ1n) is 15.6. The van der Waals surface area contributed by atoms with Crippen molar-refractivity contribution in [3.63, 3.8) is 0 Å². The Balaban J connectivity index is 1.50. The molecule has 3 aromatic rings. The van der Waals surface area contributed by atoms with E-state index >= 15 is 0 Å². The second kappa shape index (κ2) is 12.9. The van der Waals surface area contributed by atoms with Crippen LogP contribution in [0.25, 0.3) is 11.2 Å². The second-order valence-electron chi connectivity index (χ2n) is 15.1. The van der Waals surface area contributed by atoms with Crippen LogP contribution in [0.1, 0.15) is 59.4 Å². The lowest BCUT2D eigenvalue weighted by molar-refractivity contribution is -0.0468. The van der Waals surface area contributed by atoms with Crippen molar-refractivity contribution in [2.24, 2.45) is 0 Å². The number of nitrogens with zero attached hydrogens (tertiary/aromatic N) is 4. The number of nitrogen functional groups attached to an aromatic ring is 1. The van der Waals surface area contributed by atoms with E-state index in [9.17, 15) is 8.78 Å². The van der Waals surface area contributed by atoms with Gasteiger partial charge in [0.15, 0.2) is 34.3 Å². The van der Waals surface area contributed by atoms with E-state index in [1.165, 1.54) is 6.33 Å². The van der Waals surface area contributed by atoms with E-state index in [-0.39, 0.29) is 34.7 Å². The molecule has 0 spiro atoms. The molecule has 2 saturated heterocycles. The lowest BCUT2D eigenvalue weighted by atomic mass is 10.1. The highest BCUT2D eigenvalue weighted by Crippen LogP contribution is 2.60. The Labute approximate surface area is 282 Å². The Kier molecular flexibility index (Phi) is 10.0. The molecule has 0 saturated carbocycles. The van der Waals surface area contributed by atoms with Crippen LogP contribution in [0.3, 0.4) is 0 Å². The molecule has 0 radical (unpaired) electrons. The molecule has 1 aromatic carbocycles. The quantitative estimate of drug-likeness (QED) is 0.175. The van der Waals surface area contributed by atoms with Crippen molar-refractivity contribution < 1.29 is 35.9 Å². The maximum Gasteiger partial charge on any atom is 0.328 e. The molecule has 260 valence electrons. The van der Waals surface area contributed by atoms with Gasteiger partial charge in [0.1, 0.15) is 47.9 Å². The molecule has 2 aliphatic heterocycles. The highest BCUT2D eigenvalue weighted by Gasteiger charge is 2.55. The van der Waals surface area contributed by atoms with E-state index in [2.05, 4.69) is 82.7 Å². The average Bonchev–Trinajstić information content (AvgIpc) is 3.64. The zero-order chi connectivity index (χ0) is 34.7. The summed E-state index contributed by atoms with van der Waals surface area (Å²) in [7, 11) is -4.85. The smallest absolute Gasteiger partial charge is 0.328 e. The first-order chi connectivity index (χ1) is 21.6. The third-order valence-corrected chi connectivity index (χ3v) is 21.0. The number of hydrogen-bond donors (Lipinski definition) is 1. The molecule has 2 fully saturated rings. The van der Waals surface area contributed by atoms with E-state index < -0.39 is 65.6 Å². The van der Waals surface area contributed by atoms with Crippen molar-refractivity contribution in [3.8, 4) is 0 Å². The normalized spacial score (nSPS) is 27.6. The topological polar surface area (TPSA) is 125 Å². The van der Waals surface area contributed by atoms with E-state index in [1.54, 1.807) is 10.9 Å². The molecule has 0 bridgehead atoms. The molecule has 11 nitrogen and oxygen atoms in total. The van der Waals surface area contributed by atoms with Crippen LogP contribution in [0, 0.1) is 11.6 Å². The number of benzene rings is 1. The maximum atomic E-state index is 14.6. The summed E-state index contributed by atoms with van der Waals surface area (Å²) in [5.41, 5.74) is 7.10. The number of imidazole rings is 1. The minimum absolute atomic E-state index is 0.0210. The van der Waals surface area contributed by atoms with Gasteiger partial charge in [-0.3, -0.25) is 9.09 Å². The number of nitrogens with two attached hydrogens (primary N) is 1. The summed E-state index contributed by atoms with van der Waals surface area (Å²) in [5, 5.41) is -0.256. The average molecular weight is 730 g/mol. The van der Waals surface area contributed by atoms with Crippen molar-refractivity contribution in [1.82, 2.24) is 19.5 Å². The van der Waals surface area contributed by atoms with Crippen molar-refractivity contribution in [1.29, 1.82) is 0 Å². The Morgan fingerprint density at radius 3 is 2.28 bits per heavy atom. The summed E-state index contributed by atoms with van der Waals surface area (Å²) in [6.07, 6.45) is -0.485. The van der Waals surface area contributed by atoms with Gasteiger partial charge in [-0.2, -0.15) is 0 Å².